The Kier molecular flexibility index (Phi) is 5.71. The predicted molar refractivity (Wildman–Crippen MR) is 98.6 cm³/mol. The second kappa shape index (κ2) is 8.06. The zero-order chi connectivity index (χ0) is 21.2. The summed E-state index contributed by atoms with van der Waals surface area (Å²) in [6.07, 6.45) is -3.43. The van der Waals surface area contributed by atoms with Gasteiger partial charge in [0.1, 0.15) is 18.1 Å². The van der Waals surface area contributed by atoms with Gasteiger partial charge in [0, 0.05) is 23.5 Å². The van der Waals surface area contributed by atoms with E-state index in [1.807, 2.05) is 19.9 Å². The first-order valence-electron chi connectivity index (χ1n) is 8.78. The molecule has 154 valence electrons. The third-order valence-electron chi connectivity index (χ3n) is 4.10. The minimum absolute atomic E-state index is 0.0437. The molecule has 0 saturated heterocycles. The van der Waals surface area contributed by atoms with Crippen molar-refractivity contribution in [3.63, 3.8) is 0 Å². The number of benzene rings is 1. The van der Waals surface area contributed by atoms with Gasteiger partial charge in [0.2, 0.25) is 0 Å². The lowest BCUT2D eigenvalue weighted by molar-refractivity contribution is -0.140. The summed E-state index contributed by atoms with van der Waals surface area (Å²) in [7, 11) is 0. The zero-order valence-corrected chi connectivity index (χ0v) is 15.6. The Balaban J connectivity index is 1.78. The van der Waals surface area contributed by atoms with Crippen molar-refractivity contribution in [2.24, 2.45) is 0 Å². The van der Waals surface area contributed by atoms with E-state index in [-0.39, 0.29) is 17.3 Å². The number of pyridine rings is 1. The fourth-order valence-corrected chi connectivity index (χ4v) is 2.55. The van der Waals surface area contributed by atoms with Gasteiger partial charge in [0.15, 0.2) is 5.65 Å². The Morgan fingerprint density at radius 1 is 1.28 bits per heavy atom. The van der Waals surface area contributed by atoms with Crippen LogP contribution < -0.4 is 5.32 Å². The quantitative estimate of drug-likeness (QED) is 0.588. The summed E-state index contributed by atoms with van der Waals surface area (Å²) in [4.78, 5) is 15.9. The molecular weight excluding hydrogens is 392 g/mol. The Bertz CT molecular complexity index is 1030. The highest BCUT2D eigenvalue weighted by atomic mass is 19.4. The number of nitrogens with zero attached hydrogens (tertiary/aromatic N) is 3. The SMILES string of the molecule is CC(C)c1cnc2nn(-c3cc(NC(=O)OCCC(F)(F)F)ccc3F)cc2c1. The number of amides is 1. The zero-order valence-electron chi connectivity index (χ0n) is 15.6. The Hall–Kier alpha value is -3.17. The number of carbonyl (C=O) groups excluding carboxylic acids is 1. The normalized spacial score (nSPS) is 11.8. The minimum Gasteiger partial charge on any atom is -0.449 e. The lowest BCUT2D eigenvalue weighted by Gasteiger charge is -2.10. The molecule has 2 heterocycles. The summed E-state index contributed by atoms with van der Waals surface area (Å²) in [5, 5.41) is 7.23. The van der Waals surface area contributed by atoms with E-state index in [4.69, 9.17) is 0 Å². The number of alkyl halides is 3. The number of nitrogens with one attached hydrogen (secondary N) is 1. The molecule has 0 bridgehead atoms. The average Bonchev–Trinajstić information content (AvgIpc) is 3.05. The second-order valence-electron chi connectivity index (χ2n) is 6.70. The van der Waals surface area contributed by atoms with Crippen LogP contribution in [0.25, 0.3) is 16.7 Å². The van der Waals surface area contributed by atoms with Gasteiger partial charge in [-0.2, -0.15) is 13.2 Å². The summed E-state index contributed by atoms with van der Waals surface area (Å²) >= 11 is 0. The van der Waals surface area contributed by atoms with Crippen molar-refractivity contribution in [1.29, 1.82) is 0 Å². The van der Waals surface area contributed by atoms with E-state index in [9.17, 15) is 22.4 Å². The van der Waals surface area contributed by atoms with Crippen LogP contribution in [0.15, 0.2) is 36.7 Å². The Labute approximate surface area is 163 Å². The van der Waals surface area contributed by atoms with Crippen molar-refractivity contribution in [1.82, 2.24) is 14.8 Å². The molecule has 0 unspecified atom stereocenters. The van der Waals surface area contributed by atoms with Crippen LogP contribution in [0, 0.1) is 5.82 Å². The van der Waals surface area contributed by atoms with Crippen LogP contribution in [0.3, 0.4) is 0 Å². The van der Waals surface area contributed by atoms with E-state index in [0.29, 0.717) is 5.65 Å². The number of rotatable bonds is 5. The Morgan fingerprint density at radius 2 is 2.03 bits per heavy atom. The first-order chi connectivity index (χ1) is 13.6. The Morgan fingerprint density at radius 3 is 2.72 bits per heavy atom. The van der Waals surface area contributed by atoms with Gasteiger partial charge in [-0.05, 0) is 35.7 Å². The van der Waals surface area contributed by atoms with E-state index in [1.54, 1.807) is 12.4 Å². The van der Waals surface area contributed by atoms with E-state index in [0.717, 1.165) is 17.0 Å². The van der Waals surface area contributed by atoms with Crippen LogP contribution in [0.4, 0.5) is 28.0 Å². The summed E-state index contributed by atoms with van der Waals surface area (Å²) in [5.74, 6) is -0.333. The largest absolute Gasteiger partial charge is 0.449 e. The second-order valence-corrected chi connectivity index (χ2v) is 6.70. The third kappa shape index (κ3) is 5.21. The minimum atomic E-state index is -4.42. The monoisotopic (exact) mass is 410 g/mol. The molecule has 0 aliphatic carbocycles. The smallest absolute Gasteiger partial charge is 0.411 e. The molecule has 0 spiro atoms. The predicted octanol–water partition coefficient (Wildman–Crippen LogP) is 5.18. The summed E-state index contributed by atoms with van der Waals surface area (Å²) in [5.41, 5.74) is 1.63. The maximum Gasteiger partial charge on any atom is 0.411 e. The van der Waals surface area contributed by atoms with E-state index >= 15 is 0 Å². The van der Waals surface area contributed by atoms with E-state index in [1.165, 1.54) is 16.8 Å². The number of ether oxygens (including phenoxy) is 1. The number of carbonyl (C=O) groups is 1. The van der Waals surface area contributed by atoms with Crippen molar-refractivity contribution >= 4 is 22.8 Å². The molecule has 6 nitrogen and oxygen atoms in total. The lowest BCUT2D eigenvalue weighted by atomic mass is 10.1. The van der Waals surface area contributed by atoms with Crippen LogP contribution in [-0.4, -0.2) is 33.6 Å². The summed E-state index contributed by atoms with van der Waals surface area (Å²) in [6.45, 7) is 3.24. The van der Waals surface area contributed by atoms with Gasteiger partial charge in [-0.3, -0.25) is 5.32 Å². The molecule has 1 aromatic carbocycles. The maximum absolute atomic E-state index is 14.3. The van der Waals surface area contributed by atoms with Gasteiger partial charge in [0.05, 0.1) is 6.42 Å². The first-order valence-corrected chi connectivity index (χ1v) is 8.78. The highest BCUT2D eigenvalue weighted by Crippen LogP contribution is 2.23. The fourth-order valence-electron chi connectivity index (χ4n) is 2.55. The van der Waals surface area contributed by atoms with Crippen LogP contribution >= 0.6 is 0 Å². The van der Waals surface area contributed by atoms with Crippen molar-refractivity contribution in [2.75, 3.05) is 11.9 Å². The number of hydrogen-bond donors (Lipinski definition) is 1. The molecule has 3 rings (SSSR count). The average molecular weight is 410 g/mol. The molecule has 0 saturated carbocycles. The van der Waals surface area contributed by atoms with Crippen LogP contribution in [0.2, 0.25) is 0 Å². The number of halogens is 4. The molecule has 10 heteroatoms. The molecule has 2 aromatic heterocycles. The molecule has 0 fully saturated rings. The van der Waals surface area contributed by atoms with Crippen LogP contribution in [0.5, 0.6) is 0 Å². The number of fused-ring (bicyclic) bond motifs is 1. The van der Waals surface area contributed by atoms with Crippen LogP contribution in [-0.2, 0) is 4.74 Å². The molecule has 0 atom stereocenters. The molecule has 1 N–H and O–H groups in total. The standard InChI is InChI=1S/C19H18F4N4O2/c1-11(2)12-7-13-10-27(26-17(13)24-9-12)16-8-14(3-4-15(16)20)25-18(28)29-6-5-19(21,22)23/h3-4,7-11H,5-6H2,1-2H3,(H,25,28). The highest BCUT2D eigenvalue weighted by Gasteiger charge is 2.27. The van der Waals surface area contributed by atoms with Crippen molar-refractivity contribution in [2.45, 2.75) is 32.4 Å². The number of aromatic nitrogens is 3. The van der Waals surface area contributed by atoms with Gasteiger partial charge < -0.3 is 4.74 Å². The highest BCUT2D eigenvalue weighted by molar-refractivity contribution is 5.85. The maximum atomic E-state index is 14.3. The topological polar surface area (TPSA) is 69.0 Å². The van der Waals surface area contributed by atoms with Gasteiger partial charge in [0.25, 0.3) is 0 Å². The van der Waals surface area contributed by atoms with Gasteiger partial charge in [-0.15, -0.1) is 5.10 Å². The molecule has 0 aliphatic heterocycles. The molecular formula is C19H18F4N4O2. The van der Waals surface area contributed by atoms with Gasteiger partial charge in [-0.1, -0.05) is 13.8 Å². The van der Waals surface area contributed by atoms with Crippen molar-refractivity contribution < 1.29 is 27.1 Å². The fraction of sp³-hybridized carbons (Fsp3) is 0.316. The molecule has 3 aromatic rings. The van der Waals surface area contributed by atoms with Crippen LogP contribution in [0.1, 0.15) is 31.7 Å². The van der Waals surface area contributed by atoms with E-state index in [2.05, 4.69) is 20.1 Å². The summed E-state index contributed by atoms with van der Waals surface area (Å²) in [6, 6.07) is 5.59. The summed E-state index contributed by atoms with van der Waals surface area (Å²) < 4.78 is 56.4. The molecule has 0 radical (unpaired) electrons. The van der Waals surface area contributed by atoms with Crippen molar-refractivity contribution in [3.05, 3.63) is 48.0 Å². The third-order valence-corrected chi connectivity index (χ3v) is 4.10. The molecule has 1 amide bonds. The molecule has 29 heavy (non-hydrogen) atoms. The van der Waals surface area contributed by atoms with Gasteiger partial charge in [-0.25, -0.2) is 18.9 Å². The number of hydrogen-bond acceptors (Lipinski definition) is 4. The van der Waals surface area contributed by atoms with E-state index < -0.39 is 31.1 Å². The van der Waals surface area contributed by atoms with Crippen molar-refractivity contribution in [3.8, 4) is 5.69 Å². The lowest BCUT2D eigenvalue weighted by Crippen LogP contribution is -2.18. The molecule has 0 aliphatic rings. The van der Waals surface area contributed by atoms with Gasteiger partial charge >= 0.3 is 12.3 Å². The number of anilines is 1. The first kappa shape index (κ1) is 20.6.